The number of nitrogens with zero attached hydrogens (tertiary/aromatic N) is 2. The summed E-state index contributed by atoms with van der Waals surface area (Å²) in [5.74, 6) is 0.510. The fourth-order valence-electron chi connectivity index (χ4n) is 1.09. The Labute approximate surface area is 82.8 Å². The predicted molar refractivity (Wildman–Crippen MR) is 51.9 cm³/mol. The molecule has 1 aromatic heterocycles. The number of hydrogen-bond acceptors (Lipinski definition) is 4. The summed E-state index contributed by atoms with van der Waals surface area (Å²) in [6.45, 7) is 2.97. The monoisotopic (exact) mass is 197 g/mol. The van der Waals surface area contributed by atoms with Gasteiger partial charge in [-0.3, -0.25) is 4.79 Å². The summed E-state index contributed by atoms with van der Waals surface area (Å²) >= 11 is 0. The van der Waals surface area contributed by atoms with Gasteiger partial charge in [0, 0.05) is 19.7 Å². The van der Waals surface area contributed by atoms with Gasteiger partial charge in [-0.15, -0.1) is 0 Å². The van der Waals surface area contributed by atoms with E-state index in [-0.39, 0.29) is 5.91 Å². The molecule has 0 fully saturated rings. The van der Waals surface area contributed by atoms with Crippen LogP contribution < -0.4 is 5.73 Å². The lowest BCUT2D eigenvalue weighted by Gasteiger charge is -2.14. The summed E-state index contributed by atoms with van der Waals surface area (Å²) in [6.07, 6.45) is 0.791. The third-order valence-electron chi connectivity index (χ3n) is 1.89. The first-order valence-corrected chi connectivity index (χ1v) is 4.54. The average Bonchev–Trinajstić information content (AvgIpc) is 2.60. The van der Waals surface area contributed by atoms with Gasteiger partial charge < -0.3 is 15.2 Å². The highest BCUT2D eigenvalue weighted by Crippen LogP contribution is 2.04. The number of aryl methyl sites for hydroxylation is 1. The van der Waals surface area contributed by atoms with Gasteiger partial charge in [-0.25, -0.2) is 0 Å². The van der Waals surface area contributed by atoms with Crippen molar-refractivity contribution in [2.75, 3.05) is 20.1 Å². The number of hydrogen-bond donors (Lipinski definition) is 1. The molecule has 14 heavy (non-hydrogen) atoms. The van der Waals surface area contributed by atoms with Crippen molar-refractivity contribution in [1.29, 1.82) is 0 Å². The van der Waals surface area contributed by atoms with E-state index in [0.717, 1.165) is 6.42 Å². The van der Waals surface area contributed by atoms with Gasteiger partial charge in [-0.1, -0.05) is 5.16 Å². The van der Waals surface area contributed by atoms with E-state index < -0.39 is 0 Å². The van der Waals surface area contributed by atoms with Crippen molar-refractivity contribution in [1.82, 2.24) is 10.1 Å². The van der Waals surface area contributed by atoms with Gasteiger partial charge in [-0.2, -0.15) is 0 Å². The summed E-state index contributed by atoms with van der Waals surface area (Å²) in [7, 11) is 1.72. The SMILES string of the molecule is Cc1cc(C(=O)N(C)CCCN)no1. The van der Waals surface area contributed by atoms with Crippen LogP contribution in [0, 0.1) is 6.92 Å². The lowest BCUT2D eigenvalue weighted by molar-refractivity contribution is 0.0784. The Bertz CT molecular complexity index is 309. The first kappa shape index (κ1) is 10.7. The number of nitrogens with two attached hydrogens (primary N) is 1. The topological polar surface area (TPSA) is 72.4 Å². The Morgan fingerprint density at radius 3 is 2.93 bits per heavy atom. The van der Waals surface area contributed by atoms with Crippen molar-refractivity contribution in [3.63, 3.8) is 0 Å². The van der Waals surface area contributed by atoms with E-state index in [9.17, 15) is 4.79 Å². The first-order chi connectivity index (χ1) is 6.65. The highest BCUT2D eigenvalue weighted by Gasteiger charge is 2.14. The van der Waals surface area contributed by atoms with Crippen molar-refractivity contribution < 1.29 is 9.32 Å². The van der Waals surface area contributed by atoms with Crippen molar-refractivity contribution in [2.45, 2.75) is 13.3 Å². The molecule has 0 saturated heterocycles. The molecular weight excluding hydrogens is 182 g/mol. The minimum absolute atomic E-state index is 0.129. The van der Waals surface area contributed by atoms with Crippen LogP contribution in [0.5, 0.6) is 0 Å². The molecule has 1 heterocycles. The number of carbonyl (C=O) groups is 1. The quantitative estimate of drug-likeness (QED) is 0.758. The summed E-state index contributed by atoms with van der Waals surface area (Å²) in [6, 6.07) is 1.63. The van der Waals surface area contributed by atoms with Gasteiger partial charge in [0.25, 0.3) is 5.91 Å². The summed E-state index contributed by atoms with van der Waals surface area (Å²) in [4.78, 5) is 13.2. The lowest BCUT2D eigenvalue weighted by Crippen LogP contribution is -2.29. The largest absolute Gasteiger partial charge is 0.361 e. The average molecular weight is 197 g/mol. The Balaban J connectivity index is 2.56. The van der Waals surface area contributed by atoms with E-state index in [4.69, 9.17) is 10.3 Å². The van der Waals surface area contributed by atoms with Gasteiger partial charge in [0.2, 0.25) is 0 Å². The lowest BCUT2D eigenvalue weighted by atomic mass is 10.3. The fraction of sp³-hybridized carbons (Fsp3) is 0.556. The van der Waals surface area contributed by atoms with Crippen molar-refractivity contribution in [3.8, 4) is 0 Å². The maximum Gasteiger partial charge on any atom is 0.275 e. The zero-order valence-corrected chi connectivity index (χ0v) is 8.49. The Hall–Kier alpha value is -1.36. The maximum atomic E-state index is 11.6. The Morgan fingerprint density at radius 2 is 2.43 bits per heavy atom. The standard InChI is InChI=1S/C9H15N3O2/c1-7-6-8(11-14-7)9(13)12(2)5-3-4-10/h6H,3-5,10H2,1-2H3. The number of amides is 1. The number of rotatable bonds is 4. The molecule has 0 radical (unpaired) electrons. The molecule has 0 bridgehead atoms. The molecule has 5 nitrogen and oxygen atoms in total. The molecule has 0 saturated carbocycles. The smallest absolute Gasteiger partial charge is 0.275 e. The fourth-order valence-corrected chi connectivity index (χ4v) is 1.09. The zero-order valence-electron chi connectivity index (χ0n) is 8.49. The molecule has 0 spiro atoms. The van der Waals surface area contributed by atoms with E-state index in [1.807, 2.05) is 0 Å². The Kier molecular flexibility index (Phi) is 3.64. The van der Waals surface area contributed by atoms with Crippen molar-refractivity contribution >= 4 is 5.91 Å². The third-order valence-corrected chi connectivity index (χ3v) is 1.89. The van der Waals surface area contributed by atoms with Gasteiger partial charge >= 0.3 is 0 Å². The molecule has 0 unspecified atom stereocenters. The molecule has 0 aliphatic heterocycles. The maximum absolute atomic E-state index is 11.6. The minimum atomic E-state index is -0.129. The van der Waals surface area contributed by atoms with E-state index in [1.165, 1.54) is 0 Å². The normalized spacial score (nSPS) is 10.2. The summed E-state index contributed by atoms with van der Waals surface area (Å²) < 4.78 is 4.82. The van der Waals surface area contributed by atoms with E-state index in [2.05, 4.69) is 5.16 Å². The zero-order chi connectivity index (χ0) is 10.6. The molecule has 5 heteroatoms. The van der Waals surface area contributed by atoms with Gasteiger partial charge in [0.15, 0.2) is 5.69 Å². The summed E-state index contributed by atoms with van der Waals surface area (Å²) in [5.41, 5.74) is 5.70. The van der Waals surface area contributed by atoms with Crippen LogP contribution in [-0.2, 0) is 0 Å². The third kappa shape index (κ3) is 2.56. The predicted octanol–water partition coefficient (Wildman–Crippen LogP) is 0.404. The molecule has 0 aliphatic carbocycles. The summed E-state index contributed by atoms with van der Waals surface area (Å²) in [5, 5.41) is 3.65. The van der Waals surface area contributed by atoms with Crippen LogP contribution in [0.1, 0.15) is 22.7 Å². The molecule has 1 aromatic rings. The van der Waals surface area contributed by atoms with E-state index in [0.29, 0.717) is 24.5 Å². The molecular formula is C9H15N3O2. The van der Waals surface area contributed by atoms with Crippen molar-refractivity contribution in [3.05, 3.63) is 17.5 Å². The number of aromatic nitrogens is 1. The van der Waals surface area contributed by atoms with Crippen molar-refractivity contribution in [2.24, 2.45) is 5.73 Å². The van der Waals surface area contributed by atoms with Gasteiger partial charge in [0.05, 0.1) is 0 Å². The van der Waals surface area contributed by atoms with Crippen LogP contribution in [0.3, 0.4) is 0 Å². The van der Waals surface area contributed by atoms with Crippen LogP contribution in [0.4, 0.5) is 0 Å². The molecule has 0 atom stereocenters. The second-order valence-corrected chi connectivity index (χ2v) is 3.19. The second-order valence-electron chi connectivity index (χ2n) is 3.19. The van der Waals surface area contributed by atoms with Gasteiger partial charge in [0.1, 0.15) is 5.76 Å². The Morgan fingerprint density at radius 1 is 1.71 bits per heavy atom. The highest BCUT2D eigenvalue weighted by molar-refractivity contribution is 5.92. The van der Waals surface area contributed by atoms with Crippen LogP contribution in [0.15, 0.2) is 10.6 Å². The second kappa shape index (κ2) is 4.76. The van der Waals surface area contributed by atoms with Gasteiger partial charge in [-0.05, 0) is 19.9 Å². The molecule has 1 amide bonds. The van der Waals surface area contributed by atoms with Crippen LogP contribution in [0.25, 0.3) is 0 Å². The molecule has 0 aromatic carbocycles. The highest BCUT2D eigenvalue weighted by atomic mass is 16.5. The minimum Gasteiger partial charge on any atom is -0.361 e. The molecule has 0 aliphatic rings. The van der Waals surface area contributed by atoms with Crippen LogP contribution >= 0.6 is 0 Å². The van der Waals surface area contributed by atoms with Crippen LogP contribution in [0.2, 0.25) is 0 Å². The molecule has 78 valence electrons. The van der Waals surface area contributed by atoms with E-state index in [1.54, 1.807) is 24.9 Å². The molecule has 2 N–H and O–H groups in total. The molecule has 1 rings (SSSR count). The van der Waals surface area contributed by atoms with Crippen LogP contribution in [-0.4, -0.2) is 36.1 Å². The number of carbonyl (C=O) groups excluding carboxylic acids is 1. The van der Waals surface area contributed by atoms with E-state index >= 15 is 0 Å². The first-order valence-electron chi connectivity index (χ1n) is 4.54.